The molecule has 0 radical (unpaired) electrons. The number of ketones is 1. The number of Topliss-reactive ketones (excluding diaryl/α,β-unsaturated/α-hetero) is 1. The number of benzene rings is 1. The molecule has 4 rings (SSSR count). The minimum atomic E-state index is 0.0413. The lowest BCUT2D eigenvalue weighted by Gasteiger charge is -2.41. The van der Waals surface area contributed by atoms with Crippen LogP contribution in [0.25, 0.3) is 0 Å². The Balaban J connectivity index is 1.32. The van der Waals surface area contributed by atoms with Crippen LogP contribution >= 0.6 is 0 Å². The molecule has 4 nitrogen and oxygen atoms in total. The number of hydrogen-bond acceptors (Lipinski definition) is 3. The summed E-state index contributed by atoms with van der Waals surface area (Å²) in [5.74, 6) is 1.11. The minimum Gasteiger partial charge on any atom is -0.338 e. The first-order valence-electron chi connectivity index (χ1n) is 11.7. The summed E-state index contributed by atoms with van der Waals surface area (Å²) in [4.78, 5) is 29.2. The molecule has 2 aliphatic heterocycles. The van der Waals surface area contributed by atoms with Gasteiger partial charge in [0.25, 0.3) is 5.91 Å². The molecular weight excluding hydrogens is 360 g/mol. The molecule has 0 bridgehead atoms. The second kappa shape index (κ2) is 8.99. The molecule has 1 atom stereocenters. The molecule has 1 aliphatic carbocycles. The molecule has 2 saturated heterocycles. The van der Waals surface area contributed by atoms with E-state index < -0.39 is 0 Å². The number of nitrogens with zero attached hydrogens (tertiary/aromatic N) is 2. The average molecular weight is 397 g/mol. The lowest BCUT2D eigenvalue weighted by Crippen LogP contribution is -2.45. The summed E-state index contributed by atoms with van der Waals surface area (Å²) in [6.07, 6.45) is 12.2. The van der Waals surface area contributed by atoms with Crippen LogP contribution in [0.4, 0.5) is 0 Å². The molecule has 0 N–H and O–H groups in total. The zero-order valence-electron chi connectivity index (χ0n) is 18.0. The van der Waals surface area contributed by atoms with Crippen LogP contribution in [-0.4, -0.2) is 54.2 Å². The highest BCUT2D eigenvalue weighted by Gasteiger charge is 2.42. The van der Waals surface area contributed by atoms with Crippen molar-refractivity contribution in [2.75, 3.05) is 32.7 Å². The average Bonchev–Trinajstić information content (AvgIpc) is 3.15. The normalized spacial score (nSPS) is 26.2. The molecular formula is C25H36N2O2. The SMILES string of the molecule is CC(=O)c1ccc(C(=O)N2CC[C@]3(CCCN(CCC4CCCCC4)C3)C2)cc1. The number of piperidine rings is 1. The second-order valence-corrected chi connectivity index (χ2v) is 9.78. The van der Waals surface area contributed by atoms with Crippen molar-refractivity contribution in [3.63, 3.8) is 0 Å². The summed E-state index contributed by atoms with van der Waals surface area (Å²) in [6.45, 7) is 6.95. The third-order valence-corrected chi connectivity index (χ3v) is 7.58. The molecule has 1 aromatic rings. The van der Waals surface area contributed by atoms with Crippen LogP contribution in [0.5, 0.6) is 0 Å². The maximum Gasteiger partial charge on any atom is 0.253 e. The molecule has 4 heteroatoms. The third kappa shape index (κ3) is 4.91. The maximum absolute atomic E-state index is 13.0. The first-order chi connectivity index (χ1) is 14.0. The molecule has 1 amide bonds. The van der Waals surface area contributed by atoms with Crippen molar-refractivity contribution in [1.82, 2.24) is 9.80 Å². The fourth-order valence-electron chi connectivity index (χ4n) is 5.81. The van der Waals surface area contributed by atoms with Gasteiger partial charge in [-0.2, -0.15) is 0 Å². The highest BCUT2D eigenvalue weighted by atomic mass is 16.2. The topological polar surface area (TPSA) is 40.6 Å². The van der Waals surface area contributed by atoms with E-state index >= 15 is 0 Å². The zero-order chi connectivity index (χ0) is 20.3. The number of carbonyl (C=O) groups excluding carboxylic acids is 2. The molecule has 158 valence electrons. The molecule has 3 fully saturated rings. The lowest BCUT2D eigenvalue weighted by molar-refractivity contribution is 0.0674. The van der Waals surface area contributed by atoms with Gasteiger partial charge in [-0.05, 0) is 63.7 Å². The van der Waals surface area contributed by atoms with Gasteiger partial charge in [0.05, 0.1) is 0 Å². The Kier molecular flexibility index (Phi) is 6.38. The number of rotatable bonds is 5. The van der Waals surface area contributed by atoms with E-state index in [2.05, 4.69) is 4.90 Å². The number of amides is 1. The van der Waals surface area contributed by atoms with E-state index in [0.29, 0.717) is 16.5 Å². The van der Waals surface area contributed by atoms with Crippen molar-refractivity contribution in [3.05, 3.63) is 35.4 Å². The summed E-state index contributed by atoms with van der Waals surface area (Å²) in [7, 11) is 0. The van der Waals surface area contributed by atoms with Crippen molar-refractivity contribution < 1.29 is 9.59 Å². The van der Waals surface area contributed by atoms with Gasteiger partial charge in [-0.15, -0.1) is 0 Å². The number of hydrogen-bond donors (Lipinski definition) is 0. The smallest absolute Gasteiger partial charge is 0.253 e. The van der Waals surface area contributed by atoms with Crippen molar-refractivity contribution in [2.24, 2.45) is 11.3 Å². The van der Waals surface area contributed by atoms with Crippen LogP contribution < -0.4 is 0 Å². The Morgan fingerprint density at radius 2 is 1.66 bits per heavy atom. The van der Waals surface area contributed by atoms with Gasteiger partial charge in [-0.1, -0.05) is 44.2 Å². The molecule has 29 heavy (non-hydrogen) atoms. The summed E-state index contributed by atoms with van der Waals surface area (Å²) in [5, 5.41) is 0. The van der Waals surface area contributed by atoms with E-state index in [1.54, 1.807) is 31.2 Å². The van der Waals surface area contributed by atoms with Crippen LogP contribution in [0.3, 0.4) is 0 Å². The van der Waals surface area contributed by atoms with E-state index in [0.717, 1.165) is 32.0 Å². The van der Waals surface area contributed by atoms with Gasteiger partial charge in [-0.25, -0.2) is 0 Å². The van der Waals surface area contributed by atoms with Gasteiger partial charge in [0.15, 0.2) is 5.78 Å². The Bertz CT molecular complexity index is 723. The largest absolute Gasteiger partial charge is 0.338 e. The second-order valence-electron chi connectivity index (χ2n) is 9.78. The fourth-order valence-corrected chi connectivity index (χ4v) is 5.81. The molecule has 1 aromatic carbocycles. The van der Waals surface area contributed by atoms with Gasteiger partial charge in [0, 0.05) is 36.2 Å². The fraction of sp³-hybridized carbons (Fsp3) is 0.680. The first-order valence-corrected chi connectivity index (χ1v) is 11.7. The summed E-state index contributed by atoms with van der Waals surface area (Å²) in [5.41, 5.74) is 1.66. The monoisotopic (exact) mass is 396 g/mol. The number of carbonyl (C=O) groups is 2. The zero-order valence-corrected chi connectivity index (χ0v) is 18.0. The van der Waals surface area contributed by atoms with Crippen molar-refractivity contribution in [2.45, 2.75) is 64.7 Å². The molecule has 1 spiro atoms. The predicted octanol–water partition coefficient (Wildman–Crippen LogP) is 4.79. The Morgan fingerprint density at radius 1 is 0.931 bits per heavy atom. The molecule has 0 aromatic heterocycles. The van der Waals surface area contributed by atoms with Crippen molar-refractivity contribution in [3.8, 4) is 0 Å². The van der Waals surface area contributed by atoms with E-state index in [4.69, 9.17) is 0 Å². The van der Waals surface area contributed by atoms with Crippen LogP contribution in [0, 0.1) is 11.3 Å². The van der Waals surface area contributed by atoms with Crippen LogP contribution in [0.2, 0.25) is 0 Å². The van der Waals surface area contributed by atoms with Gasteiger partial charge in [-0.3, -0.25) is 9.59 Å². The van der Waals surface area contributed by atoms with Gasteiger partial charge >= 0.3 is 0 Å². The first kappa shape index (κ1) is 20.6. The molecule has 0 unspecified atom stereocenters. The van der Waals surface area contributed by atoms with E-state index in [1.807, 2.05) is 4.90 Å². The van der Waals surface area contributed by atoms with Crippen molar-refractivity contribution >= 4 is 11.7 Å². The Morgan fingerprint density at radius 3 is 2.38 bits per heavy atom. The summed E-state index contributed by atoms with van der Waals surface area (Å²) in [6, 6.07) is 7.16. The van der Waals surface area contributed by atoms with E-state index in [-0.39, 0.29) is 11.7 Å². The molecule has 2 heterocycles. The highest BCUT2D eigenvalue weighted by molar-refractivity contribution is 5.97. The van der Waals surface area contributed by atoms with Crippen LogP contribution in [0.15, 0.2) is 24.3 Å². The van der Waals surface area contributed by atoms with Gasteiger partial charge < -0.3 is 9.80 Å². The van der Waals surface area contributed by atoms with Crippen LogP contribution in [-0.2, 0) is 0 Å². The Labute approximate surface area is 175 Å². The van der Waals surface area contributed by atoms with Crippen LogP contribution in [0.1, 0.15) is 85.4 Å². The van der Waals surface area contributed by atoms with Gasteiger partial charge in [0.2, 0.25) is 0 Å². The quantitative estimate of drug-likeness (QED) is 0.672. The maximum atomic E-state index is 13.0. The van der Waals surface area contributed by atoms with E-state index in [1.165, 1.54) is 64.5 Å². The standard InChI is InChI=1S/C25H36N2O2/c1-20(28)22-8-10-23(11-9-22)24(29)27-17-14-25(19-27)13-5-15-26(18-25)16-12-21-6-3-2-4-7-21/h8-11,21H,2-7,12-19H2,1H3/t25-/m0/s1. The minimum absolute atomic E-state index is 0.0413. The predicted molar refractivity (Wildman–Crippen MR) is 116 cm³/mol. The molecule has 1 saturated carbocycles. The van der Waals surface area contributed by atoms with E-state index in [9.17, 15) is 9.59 Å². The Hall–Kier alpha value is -1.68. The molecule has 3 aliphatic rings. The third-order valence-electron chi connectivity index (χ3n) is 7.58. The van der Waals surface area contributed by atoms with Crippen molar-refractivity contribution in [1.29, 1.82) is 0 Å². The number of likely N-dealkylation sites (tertiary alicyclic amines) is 2. The highest BCUT2D eigenvalue weighted by Crippen LogP contribution is 2.40. The summed E-state index contributed by atoms with van der Waals surface area (Å²) >= 11 is 0. The van der Waals surface area contributed by atoms with Gasteiger partial charge in [0.1, 0.15) is 0 Å². The lowest BCUT2D eigenvalue weighted by atomic mass is 9.79. The summed E-state index contributed by atoms with van der Waals surface area (Å²) < 4.78 is 0.